The van der Waals surface area contributed by atoms with Gasteiger partial charge in [-0.15, -0.1) is 0 Å². The predicted molar refractivity (Wildman–Crippen MR) is 38.7 cm³/mol. The van der Waals surface area contributed by atoms with Gasteiger partial charge in [0.1, 0.15) is 13.2 Å². The minimum absolute atomic E-state index is 0.185. The van der Waals surface area contributed by atoms with Gasteiger partial charge in [0.05, 0.1) is 6.61 Å². The fourth-order valence-corrected chi connectivity index (χ4v) is 0.377. The van der Waals surface area contributed by atoms with Crippen LogP contribution in [0.4, 0.5) is 0 Å². The van der Waals surface area contributed by atoms with E-state index in [2.05, 4.69) is 21.1 Å². The van der Waals surface area contributed by atoms with E-state index in [1.165, 1.54) is 0 Å². The van der Waals surface area contributed by atoms with Crippen molar-refractivity contribution in [1.29, 1.82) is 0 Å². The van der Waals surface area contributed by atoms with Gasteiger partial charge in [0.2, 0.25) is 0 Å². The predicted octanol–water partition coefficient (Wildman–Crippen LogP) is 0.684. The van der Waals surface area contributed by atoms with Gasteiger partial charge in [0, 0.05) is 6.08 Å². The Morgan fingerprint density at radius 1 is 1.45 bits per heavy atom. The average Bonchev–Trinajstić information content (AvgIpc) is 2.04. The number of carbonyl (C=O) groups excluding carboxylic acids is 1. The molecule has 0 aliphatic carbocycles. The SMILES string of the molecule is C=CC(=O)OCCOOCC. The standard InChI is InChI=1S/C7H12O4/c1-3-7(8)9-5-6-11-10-4-2/h3H,1,4-6H2,2H3. The van der Waals surface area contributed by atoms with Crippen LogP contribution in [0.5, 0.6) is 0 Å². The lowest BCUT2D eigenvalue weighted by Crippen LogP contribution is -2.08. The summed E-state index contributed by atoms with van der Waals surface area (Å²) in [4.78, 5) is 19.5. The smallest absolute Gasteiger partial charge is 0.330 e. The van der Waals surface area contributed by atoms with Crippen molar-refractivity contribution in [3.05, 3.63) is 12.7 Å². The minimum Gasteiger partial charge on any atom is -0.460 e. The summed E-state index contributed by atoms with van der Waals surface area (Å²) in [5.74, 6) is -0.454. The first kappa shape index (κ1) is 10.1. The molecule has 0 aromatic heterocycles. The number of esters is 1. The molecular weight excluding hydrogens is 148 g/mol. The van der Waals surface area contributed by atoms with E-state index in [0.717, 1.165) is 6.08 Å². The van der Waals surface area contributed by atoms with Crippen LogP contribution in [-0.4, -0.2) is 25.8 Å². The molecule has 4 nitrogen and oxygen atoms in total. The Balaban J connectivity index is 3.01. The fraction of sp³-hybridized carbons (Fsp3) is 0.571. The van der Waals surface area contributed by atoms with E-state index in [4.69, 9.17) is 0 Å². The van der Waals surface area contributed by atoms with Crippen LogP contribution in [-0.2, 0) is 19.3 Å². The van der Waals surface area contributed by atoms with Crippen LogP contribution in [0.25, 0.3) is 0 Å². The van der Waals surface area contributed by atoms with Crippen LogP contribution < -0.4 is 0 Å². The van der Waals surface area contributed by atoms with E-state index in [-0.39, 0.29) is 13.2 Å². The molecule has 0 aliphatic heterocycles. The van der Waals surface area contributed by atoms with Gasteiger partial charge in [-0.2, -0.15) is 0 Å². The summed E-state index contributed by atoms with van der Waals surface area (Å²) >= 11 is 0. The van der Waals surface area contributed by atoms with E-state index < -0.39 is 5.97 Å². The quantitative estimate of drug-likeness (QED) is 0.188. The summed E-state index contributed by atoms with van der Waals surface area (Å²) in [5.41, 5.74) is 0. The molecule has 0 heterocycles. The topological polar surface area (TPSA) is 44.8 Å². The lowest BCUT2D eigenvalue weighted by atomic mass is 10.6. The van der Waals surface area contributed by atoms with E-state index in [1.807, 2.05) is 0 Å². The van der Waals surface area contributed by atoms with Crippen LogP contribution in [0.3, 0.4) is 0 Å². The van der Waals surface area contributed by atoms with Crippen molar-refractivity contribution in [3.8, 4) is 0 Å². The summed E-state index contributed by atoms with van der Waals surface area (Å²) < 4.78 is 4.58. The van der Waals surface area contributed by atoms with Crippen molar-refractivity contribution < 1.29 is 19.3 Å². The molecule has 4 heteroatoms. The molecule has 0 unspecified atom stereocenters. The van der Waals surface area contributed by atoms with Gasteiger partial charge in [0.15, 0.2) is 0 Å². The Labute approximate surface area is 65.7 Å². The largest absolute Gasteiger partial charge is 0.460 e. The van der Waals surface area contributed by atoms with Gasteiger partial charge < -0.3 is 4.74 Å². The molecule has 0 saturated carbocycles. The fourth-order valence-electron chi connectivity index (χ4n) is 0.377. The zero-order valence-corrected chi connectivity index (χ0v) is 6.54. The zero-order chi connectivity index (χ0) is 8.53. The van der Waals surface area contributed by atoms with Crippen molar-refractivity contribution in [3.63, 3.8) is 0 Å². The molecule has 0 amide bonds. The molecule has 11 heavy (non-hydrogen) atoms. The van der Waals surface area contributed by atoms with Crippen LogP contribution in [0.2, 0.25) is 0 Å². The second-order valence-electron chi connectivity index (χ2n) is 1.60. The molecule has 0 saturated heterocycles. The van der Waals surface area contributed by atoms with Crippen LogP contribution in [0, 0.1) is 0 Å². The molecule has 0 aromatic carbocycles. The lowest BCUT2D eigenvalue weighted by molar-refractivity contribution is -0.294. The highest BCUT2D eigenvalue weighted by Crippen LogP contribution is 1.81. The molecule has 0 bridgehead atoms. The molecule has 0 aromatic rings. The highest BCUT2D eigenvalue weighted by molar-refractivity contribution is 5.81. The number of hydrogen-bond acceptors (Lipinski definition) is 4. The monoisotopic (exact) mass is 160 g/mol. The normalized spacial score (nSPS) is 9.18. The molecule has 0 atom stereocenters. The van der Waals surface area contributed by atoms with Gasteiger partial charge >= 0.3 is 5.97 Å². The van der Waals surface area contributed by atoms with Gasteiger partial charge in [-0.3, -0.25) is 0 Å². The van der Waals surface area contributed by atoms with Crippen molar-refractivity contribution in [2.45, 2.75) is 6.92 Å². The first-order valence-electron chi connectivity index (χ1n) is 3.34. The lowest BCUT2D eigenvalue weighted by Gasteiger charge is -2.01. The number of carbonyl (C=O) groups is 1. The van der Waals surface area contributed by atoms with Crippen molar-refractivity contribution in [1.82, 2.24) is 0 Å². The number of ether oxygens (including phenoxy) is 1. The first-order valence-corrected chi connectivity index (χ1v) is 3.34. The third kappa shape index (κ3) is 7.02. The Hall–Kier alpha value is -0.870. The zero-order valence-electron chi connectivity index (χ0n) is 6.54. The van der Waals surface area contributed by atoms with E-state index in [9.17, 15) is 4.79 Å². The maximum atomic E-state index is 10.4. The van der Waals surface area contributed by atoms with Gasteiger partial charge in [-0.25, -0.2) is 14.6 Å². The Bertz CT molecular complexity index is 122. The van der Waals surface area contributed by atoms with Crippen molar-refractivity contribution in [2.24, 2.45) is 0 Å². The van der Waals surface area contributed by atoms with Crippen LogP contribution in [0.15, 0.2) is 12.7 Å². The molecule has 0 spiro atoms. The molecule has 64 valence electrons. The number of rotatable bonds is 6. The molecule has 0 N–H and O–H groups in total. The first-order chi connectivity index (χ1) is 5.31. The molecular formula is C7H12O4. The molecule has 0 rings (SSSR count). The third-order valence-electron chi connectivity index (χ3n) is 0.779. The highest BCUT2D eigenvalue weighted by Gasteiger charge is 1.93. The summed E-state index contributed by atoms with van der Waals surface area (Å²) in [5, 5.41) is 0. The second kappa shape index (κ2) is 7.24. The second-order valence-corrected chi connectivity index (χ2v) is 1.60. The Morgan fingerprint density at radius 3 is 2.73 bits per heavy atom. The van der Waals surface area contributed by atoms with Gasteiger partial charge in [0.25, 0.3) is 0 Å². The Kier molecular flexibility index (Phi) is 6.67. The number of hydrogen-bond donors (Lipinski definition) is 0. The van der Waals surface area contributed by atoms with Gasteiger partial charge in [-0.05, 0) is 6.92 Å². The van der Waals surface area contributed by atoms with Crippen molar-refractivity contribution >= 4 is 5.97 Å². The average molecular weight is 160 g/mol. The van der Waals surface area contributed by atoms with E-state index in [0.29, 0.717) is 6.61 Å². The third-order valence-corrected chi connectivity index (χ3v) is 0.779. The molecule has 0 fully saturated rings. The van der Waals surface area contributed by atoms with E-state index in [1.54, 1.807) is 6.92 Å². The van der Waals surface area contributed by atoms with Crippen LogP contribution >= 0.6 is 0 Å². The summed E-state index contributed by atoms with van der Waals surface area (Å²) in [6.07, 6.45) is 1.10. The summed E-state index contributed by atoms with van der Waals surface area (Å²) in [6.45, 7) is 5.94. The van der Waals surface area contributed by atoms with Crippen LogP contribution in [0.1, 0.15) is 6.92 Å². The summed E-state index contributed by atoms with van der Waals surface area (Å²) in [7, 11) is 0. The minimum atomic E-state index is -0.454. The van der Waals surface area contributed by atoms with Crippen molar-refractivity contribution in [2.75, 3.05) is 19.8 Å². The van der Waals surface area contributed by atoms with E-state index >= 15 is 0 Å². The maximum absolute atomic E-state index is 10.4. The van der Waals surface area contributed by atoms with Gasteiger partial charge in [-0.1, -0.05) is 6.58 Å². The maximum Gasteiger partial charge on any atom is 0.330 e. The summed E-state index contributed by atoms with van der Waals surface area (Å²) in [6, 6.07) is 0. The molecule has 0 radical (unpaired) electrons. The molecule has 0 aliphatic rings. The highest BCUT2D eigenvalue weighted by atomic mass is 17.2. The Morgan fingerprint density at radius 2 is 2.18 bits per heavy atom.